The number of hydrogen-bond acceptors (Lipinski definition) is 2. The molecule has 1 amide bonds. The van der Waals surface area contributed by atoms with Crippen LogP contribution in [0.3, 0.4) is 0 Å². The van der Waals surface area contributed by atoms with Gasteiger partial charge in [-0.1, -0.05) is 0 Å². The van der Waals surface area contributed by atoms with E-state index in [4.69, 9.17) is 0 Å². The molecule has 6 heteroatoms. The first-order chi connectivity index (χ1) is 8.39. The van der Waals surface area contributed by atoms with Crippen molar-refractivity contribution in [2.45, 2.75) is 38.3 Å². The van der Waals surface area contributed by atoms with Crippen molar-refractivity contribution in [1.29, 1.82) is 0 Å². The molecule has 0 unspecified atom stereocenters. The Balaban J connectivity index is 1.63. The number of carbonyl (C=O) groups is 1. The topological polar surface area (TPSA) is 38.3 Å². The number of rotatable bonds is 5. The summed E-state index contributed by atoms with van der Waals surface area (Å²) in [5, 5.41) is 2.70. The highest BCUT2D eigenvalue weighted by molar-refractivity contribution is 5.77. The third-order valence-corrected chi connectivity index (χ3v) is 4.05. The first kappa shape index (κ1) is 13.6. The van der Waals surface area contributed by atoms with Gasteiger partial charge in [0.05, 0.1) is 0 Å². The van der Waals surface area contributed by atoms with E-state index in [1.807, 2.05) is 0 Å². The van der Waals surface area contributed by atoms with Crippen molar-refractivity contribution in [1.82, 2.24) is 5.32 Å². The molecule has 2 saturated carbocycles. The molecule has 2 aliphatic carbocycles. The Morgan fingerprint density at radius 3 is 2.50 bits per heavy atom. The maximum absolute atomic E-state index is 11.8. The zero-order valence-electron chi connectivity index (χ0n) is 10.2. The van der Waals surface area contributed by atoms with E-state index in [1.165, 1.54) is 12.8 Å². The van der Waals surface area contributed by atoms with Crippen LogP contribution in [-0.2, 0) is 9.53 Å². The highest BCUT2D eigenvalue weighted by Crippen LogP contribution is 2.53. The molecule has 0 atom stereocenters. The smallest absolute Gasteiger partial charge is 0.362 e. The Morgan fingerprint density at radius 2 is 2.00 bits per heavy atom. The van der Waals surface area contributed by atoms with Crippen LogP contribution >= 0.6 is 0 Å². The summed E-state index contributed by atoms with van der Waals surface area (Å²) in [7, 11) is 0. The van der Waals surface area contributed by atoms with Crippen LogP contribution < -0.4 is 5.32 Å². The number of fused-ring (bicyclic) bond motifs is 2. The van der Waals surface area contributed by atoms with E-state index in [2.05, 4.69) is 10.1 Å². The normalized spacial score (nSPS) is 30.7. The number of ether oxygens (including phenoxy) is 1. The van der Waals surface area contributed by atoms with Gasteiger partial charge in [-0.05, 0) is 43.4 Å². The molecule has 0 saturated heterocycles. The van der Waals surface area contributed by atoms with E-state index < -0.39 is 25.3 Å². The molecule has 18 heavy (non-hydrogen) atoms. The molecule has 2 fully saturated rings. The SMILES string of the molecule is O=C(COCC(F)(F)F)NCC12CCC(CC1)C2. The summed E-state index contributed by atoms with van der Waals surface area (Å²) in [5.74, 6) is 0.340. The molecule has 2 bridgehead atoms. The molecule has 1 N–H and O–H groups in total. The van der Waals surface area contributed by atoms with Gasteiger partial charge in [-0.3, -0.25) is 4.79 Å². The number of halogens is 3. The van der Waals surface area contributed by atoms with Crippen molar-refractivity contribution in [3.05, 3.63) is 0 Å². The monoisotopic (exact) mass is 265 g/mol. The quantitative estimate of drug-likeness (QED) is 0.828. The summed E-state index contributed by atoms with van der Waals surface area (Å²) >= 11 is 0. The third kappa shape index (κ3) is 3.60. The molecular weight excluding hydrogens is 247 g/mol. The van der Waals surface area contributed by atoms with Gasteiger partial charge in [-0.15, -0.1) is 0 Å². The van der Waals surface area contributed by atoms with Crippen molar-refractivity contribution in [2.24, 2.45) is 11.3 Å². The predicted molar refractivity (Wildman–Crippen MR) is 58.9 cm³/mol. The third-order valence-electron chi connectivity index (χ3n) is 4.05. The number of nitrogens with one attached hydrogen (secondary N) is 1. The second kappa shape index (κ2) is 5.07. The zero-order valence-corrected chi connectivity index (χ0v) is 10.2. The lowest BCUT2D eigenvalue weighted by Crippen LogP contribution is -2.37. The Morgan fingerprint density at radius 1 is 1.33 bits per heavy atom. The number of hydrogen-bond donors (Lipinski definition) is 1. The lowest BCUT2D eigenvalue weighted by molar-refractivity contribution is -0.175. The molecular formula is C12H18F3NO2. The van der Waals surface area contributed by atoms with E-state index >= 15 is 0 Å². The number of carbonyl (C=O) groups excluding carboxylic acids is 1. The van der Waals surface area contributed by atoms with Crippen LogP contribution in [0.5, 0.6) is 0 Å². The maximum atomic E-state index is 11.8. The number of amides is 1. The van der Waals surface area contributed by atoms with Crippen molar-refractivity contribution in [3.8, 4) is 0 Å². The van der Waals surface area contributed by atoms with Crippen LogP contribution in [0.4, 0.5) is 13.2 Å². The molecule has 2 rings (SSSR count). The fraction of sp³-hybridized carbons (Fsp3) is 0.917. The molecule has 0 aromatic heterocycles. The van der Waals surface area contributed by atoms with Crippen molar-refractivity contribution >= 4 is 5.91 Å². The van der Waals surface area contributed by atoms with E-state index in [9.17, 15) is 18.0 Å². The Labute approximate surface area is 104 Å². The van der Waals surface area contributed by atoms with Crippen LogP contribution in [0.1, 0.15) is 32.1 Å². The van der Waals surface area contributed by atoms with Crippen LogP contribution in [0.15, 0.2) is 0 Å². The van der Waals surface area contributed by atoms with Crippen molar-refractivity contribution in [3.63, 3.8) is 0 Å². The minimum Gasteiger partial charge on any atom is -0.362 e. The van der Waals surface area contributed by atoms with Crippen molar-refractivity contribution < 1.29 is 22.7 Å². The second-order valence-electron chi connectivity index (χ2n) is 5.53. The average molecular weight is 265 g/mol. The highest BCUT2D eigenvalue weighted by atomic mass is 19.4. The van der Waals surface area contributed by atoms with Gasteiger partial charge in [0.15, 0.2) is 0 Å². The first-order valence-corrected chi connectivity index (χ1v) is 6.30. The van der Waals surface area contributed by atoms with Gasteiger partial charge in [0.25, 0.3) is 0 Å². The van der Waals surface area contributed by atoms with E-state index in [0.717, 1.165) is 25.2 Å². The summed E-state index contributed by atoms with van der Waals surface area (Å²) in [6.45, 7) is -1.30. The molecule has 2 aliphatic rings. The maximum Gasteiger partial charge on any atom is 0.411 e. The molecule has 0 aliphatic heterocycles. The molecule has 0 aromatic carbocycles. The average Bonchev–Trinajstić information content (AvgIpc) is 2.85. The van der Waals surface area contributed by atoms with Crippen LogP contribution in [-0.4, -0.2) is 31.8 Å². The van der Waals surface area contributed by atoms with Crippen molar-refractivity contribution in [2.75, 3.05) is 19.8 Å². The molecule has 104 valence electrons. The second-order valence-corrected chi connectivity index (χ2v) is 5.53. The minimum atomic E-state index is -4.37. The van der Waals surface area contributed by atoms with Crippen LogP contribution in [0.25, 0.3) is 0 Å². The predicted octanol–water partition coefficient (Wildman–Crippen LogP) is 2.26. The Bertz CT molecular complexity index is 309. The lowest BCUT2D eigenvalue weighted by atomic mass is 9.84. The fourth-order valence-corrected chi connectivity index (χ4v) is 3.16. The van der Waals surface area contributed by atoms with E-state index in [-0.39, 0.29) is 5.41 Å². The summed E-state index contributed by atoms with van der Waals surface area (Å²) in [5.41, 5.74) is 0.213. The van der Waals surface area contributed by atoms with Crippen LogP contribution in [0.2, 0.25) is 0 Å². The molecule has 0 heterocycles. The van der Waals surface area contributed by atoms with Gasteiger partial charge in [0.2, 0.25) is 5.91 Å². The summed E-state index contributed by atoms with van der Waals surface area (Å²) in [6, 6.07) is 0. The fourth-order valence-electron chi connectivity index (χ4n) is 3.16. The van der Waals surface area contributed by atoms with Gasteiger partial charge in [0, 0.05) is 6.54 Å². The largest absolute Gasteiger partial charge is 0.411 e. The molecule has 0 radical (unpaired) electrons. The molecule has 3 nitrogen and oxygen atoms in total. The molecule has 0 spiro atoms. The van der Waals surface area contributed by atoms with E-state index in [1.54, 1.807) is 0 Å². The minimum absolute atomic E-state index is 0.213. The summed E-state index contributed by atoms with van der Waals surface area (Å²) < 4.78 is 39.7. The zero-order chi connectivity index (χ0) is 13.2. The van der Waals surface area contributed by atoms with Gasteiger partial charge < -0.3 is 10.1 Å². The number of alkyl halides is 3. The molecule has 0 aromatic rings. The highest BCUT2D eigenvalue weighted by Gasteiger charge is 2.44. The first-order valence-electron chi connectivity index (χ1n) is 6.30. The van der Waals surface area contributed by atoms with Gasteiger partial charge in [0.1, 0.15) is 13.2 Å². The summed E-state index contributed by atoms with van der Waals surface area (Å²) in [4.78, 5) is 11.4. The van der Waals surface area contributed by atoms with Crippen LogP contribution in [0, 0.1) is 11.3 Å². The van der Waals surface area contributed by atoms with Gasteiger partial charge >= 0.3 is 6.18 Å². The van der Waals surface area contributed by atoms with E-state index in [0.29, 0.717) is 6.54 Å². The Hall–Kier alpha value is -0.780. The van der Waals surface area contributed by atoms with Gasteiger partial charge in [-0.2, -0.15) is 13.2 Å². The van der Waals surface area contributed by atoms with Gasteiger partial charge in [-0.25, -0.2) is 0 Å². The Kier molecular flexibility index (Phi) is 3.84. The lowest BCUT2D eigenvalue weighted by Gasteiger charge is -2.26. The summed E-state index contributed by atoms with van der Waals surface area (Å²) in [6.07, 6.45) is 1.48. The standard InChI is InChI=1S/C12H18F3NO2/c13-12(14,15)8-18-6-10(17)16-7-11-3-1-9(5-11)2-4-11/h9H,1-8H2,(H,16,17).